The largest absolute Gasteiger partial charge is 0.299 e. The number of hydrogen-bond donors (Lipinski definition) is 0. The van der Waals surface area contributed by atoms with E-state index in [2.05, 4.69) is 4.90 Å². The van der Waals surface area contributed by atoms with E-state index in [0.29, 0.717) is 6.04 Å². The molecular formula is C15H16N2O2. The third-order valence-corrected chi connectivity index (χ3v) is 4.75. The Labute approximate surface area is 112 Å². The van der Waals surface area contributed by atoms with Crippen LogP contribution in [-0.4, -0.2) is 35.8 Å². The average Bonchev–Trinajstić information content (AvgIpc) is 3.04. The second kappa shape index (κ2) is 3.90. The number of carbonyl (C=O) groups is 2. The molecule has 3 heterocycles. The van der Waals surface area contributed by atoms with Gasteiger partial charge in [-0.15, -0.1) is 0 Å². The highest BCUT2D eigenvalue weighted by atomic mass is 16.2. The first-order valence-electron chi connectivity index (χ1n) is 6.94. The van der Waals surface area contributed by atoms with Crippen LogP contribution < -0.4 is 4.90 Å². The molecule has 3 aliphatic heterocycles. The number of carbonyl (C=O) groups excluding carboxylic acids is 2. The summed E-state index contributed by atoms with van der Waals surface area (Å²) in [5, 5.41) is 0. The van der Waals surface area contributed by atoms with Gasteiger partial charge < -0.3 is 0 Å². The number of imide groups is 1. The van der Waals surface area contributed by atoms with Crippen LogP contribution in [0.2, 0.25) is 0 Å². The molecule has 0 saturated carbocycles. The lowest BCUT2D eigenvalue weighted by molar-refractivity contribution is -0.123. The topological polar surface area (TPSA) is 40.6 Å². The molecule has 3 atom stereocenters. The summed E-state index contributed by atoms with van der Waals surface area (Å²) in [5.41, 5.74) is 0.719. The summed E-state index contributed by atoms with van der Waals surface area (Å²) < 4.78 is 0. The smallest absolute Gasteiger partial charge is 0.239 e. The molecule has 3 fully saturated rings. The van der Waals surface area contributed by atoms with Crippen LogP contribution in [0.15, 0.2) is 30.3 Å². The van der Waals surface area contributed by atoms with E-state index in [-0.39, 0.29) is 23.7 Å². The van der Waals surface area contributed by atoms with Gasteiger partial charge in [0.15, 0.2) is 0 Å². The second-order valence-corrected chi connectivity index (χ2v) is 5.68. The minimum Gasteiger partial charge on any atom is -0.299 e. The van der Waals surface area contributed by atoms with Crippen LogP contribution >= 0.6 is 0 Å². The van der Waals surface area contributed by atoms with Crippen molar-refractivity contribution < 1.29 is 9.59 Å². The van der Waals surface area contributed by atoms with Crippen molar-refractivity contribution in [1.82, 2.24) is 4.90 Å². The monoisotopic (exact) mass is 256 g/mol. The van der Waals surface area contributed by atoms with Gasteiger partial charge in [-0.05, 0) is 31.5 Å². The Kier molecular flexibility index (Phi) is 2.30. The molecule has 98 valence electrons. The maximum absolute atomic E-state index is 12.6. The average molecular weight is 256 g/mol. The molecule has 4 nitrogen and oxygen atoms in total. The molecule has 1 aromatic carbocycles. The lowest BCUT2D eigenvalue weighted by Gasteiger charge is -2.21. The van der Waals surface area contributed by atoms with Crippen molar-refractivity contribution in [2.24, 2.45) is 11.8 Å². The van der Waals surface area contributed by atoms with Crippen molar-refractivity contribution in [2.75, 3.05) is 18.0 Å². The van der Waals surface area contributed by atoms with Crippen molar-refractivity contribution in [2.45, 2.75) is 18.9 Å². The third-order valence-electron chi connectivity index (χ3n) is 4.75. The molecule has 4 heteroatoms. The van der Waals surface area contributed by atoms with Gasteiger partial charge in [-0.3, -0.25) is 14.5 Å². The molecular weight excluding hydrogens is 240 g/mol. The molecule has 3 saturated heterocycles. The Morgan fingerprint density at radius 3 is 2.63 bits per heavy atom. The summed E-state index contributed by atoms with van der Waals surface area (Å²) in [6, 6.07) is 9.60. The Morgan fingerprint density at radius 2 is 1.84 bits per heavy atom. The molecule has 0 N–H and O–H groups in total. The van der Waals surface area contributed by atoms with E-state index in [1.165, 1.54) is 4.90 Å². The molecule has 0 aliphatic carbocycles. The van der Waals surface area contributed by atoms with E-state index < -0.39 is 0 Å². The van der Waals surface area contributed by atoms with E-state index in [1.807, 2.05) is 30.3 Å². The molecule has 19 heavy (non-hydrogen) atoms. The third kappa shape index (κ3) is 1.43. The van der Waals surface area contributed by atoms with Crippen LogP contribution in [0.3, 0.4) is 0 Å². The van der Waals surface area contributed by atoms with Crippen molar-refractivity contribution in [3.63, 3.8) is 0 Å². The van der Waals surface area contributed by atoms with Crippen molar-refractivity contribution in [3.05, 3.63) is 30.3 Å². The van der Waals surface area contributed by atoms with Gasteiger partial charge in [-0.1, -0.05) is 18.2 Å². The van der Waals surface area contributed by atoms with Crippen LogP contribution in [-0.2, 0) is 9.59 Å². The van der Waals surface area contributed by atoms with Crippen molar-refractivity contribution in [3.8, 4) is 0 Å². The van der Waals surface area contributed by atoms with Crippen molar-refractivity contribution in [1.29, 1.82) is 0 Å². The number of para-hydroxylation sites is 1. The first-order chi connectivity index (χ1) is 9.27. The zero-order valence-corrected chi connectivity index (χ0v) is 10.7. The second-order valence-electron chi connectivity index (χ2n) is 5.68. The van der Waals surface area contributed by atoms with E-state index >= 15 is 0 Å². The highest BCUT2D eigenvalue weighted by Gasteiger charge is 2.58. The SMILES string of the molecule is O=C1[C@H]2CN3CCCC3[C@H]2C(=O)N1c1ccccc1. The van der Waals surface area contributed by atoms with Gasteiger partial charge in [0.05, 0.1) is 17.5 Å². The number of hydrogen-bond acceptors (Lipinski definition) is 3. The summed E-state index contributed by atoms with van der Waals surface area (Å²) in [5.74, 6) is -0.209. The molecule has 0 aromatic heterocycles. The lowest BCUT2D eigenvalue weighted by Crippen LogP contribution is -2.38. The molecule has 1 aromatic rings. The number of fused-ring (bicyclic) bond motifs is 3. The Morgan fingerprint density at radius 1 is 1.05 bits per heavy atom. The normalized spacial score (nSPS) is 33.9. The first kappa shape index (κ1) is 11.2. The molecule has 4 rings (SSSR count). The van der Waals surface area contributed by atoms with Gasteiger partial charge in [0, 0.05) is 12.6 Å². The number of amides is 2. The quantitative estimate of drug-likeness (QED) is 0.710. The minimum absolute atomic E-state index is 0.00407. The molecule has 0 radical (unpaired) electrons. The maximum atomic E-state index is 12.6. The number of nitrogens with zero attached hydrogens (tertiary/aromatic N) is 2. The molecule has 2 amide bonds. The maximum Gasteiger partial charge on any atom is 0.239 e. The Hall–Kier alpha value is -1.68. The van der Waals surface area contributed by atoms with Gasteiger partial charge in [0.25, 0.3) is 0 Å². The molecule has 0 spiro atoms. The fourth-order valence-corrected chi connectivity index (χ4v) is 3.94. The Balaban J connectivity index is 1.71. The summed E-state index contributed by atoms with van der Waals surface area (Å²) in [6.45, 7) is 1.81. The fraction of sp³-hybridized carbons (Fsp3) is 0.467. The minimum atomic E-state index is -0.113. The molecule has 0 bridgehead atoms. The zero-order valence-electron chi connectivity index (χ0n) is 10.7. The Bertz CT molecular complexity index is 542. The lowest BCUT2D eigenvalue weighted by atomic mass is 9.91. The van der Waals surface area contributed by atoms with E-state index in [4.69, 9.17) is 0 Å². The standard InChI is InChI=1S/C15H16N2O2/c18-14-11-9-16-8-4-7-12(16)13(11)15(19)17(14)10-5-2-1-3-6-10/h1-3,5-6,11-13H,4,7-9H2/t11-,12?,13-/m0/s1. The summed E-state index contributed by atoms with van der Waals surface area (Å²) >= 11 is 0. The van der Waals surface area contributed by atoms with Crippen LogP contribution in [0.1, 0.15) is 12.8 Å². The predicted molar refractivity (Wildman–Crippen MR) is 70.5 cm³/mol. The summed E-state index contributed by atoms with van der Waals surface area (Å²) in [4.78, 5) is 28.9. The first-order valence-corrected chi connectivity index (χ1v) is 6.94. The zero-order chi connectivity index (χ0) is 13.0. The van der Waals surface area contributed by atoms with Crippen LogP contribution in [0.4, 0.5) is 5.69 Å². The predicted octanol–water partition coefficient (Wildman–Crippen LogP) is 1.27. The van der Waals surface area contributed by atoms with E-state index in [0.717, 1.165) is 31.6 Å². The van der Waals surface area contributed by atoms with Gasteiger partial charge in [0.1, 0.15) is 0 Å². The molecule has 3 aliphatic rings. The summed E-state index contributed by atoms with van der Waals surface area (Å²) in [6.07, 6.45) is 2.21. The van der Waals surface area contributed by atoms with Gasteiger partial charge >= 0.3 is 0 Å². The van der Waals surface area contributed by atoms with Crippen LogP contribution in [0.5, 0.6) is 0 Å². The molecule has 1 unspecified atom stereocenters. The number of anilines is 1. The highest BCUT2D eigenvalue weighted by Crippen LogP contribution is 2.43. The number of rotatable bonds is 1. The summed E-state index contributed by atoms with van der Waals surface area (Å²) in [7, 11) is 0. The van der Waals surface area contributed by atoms with Crippen molar-refractivity contribution >= 4 is 17.5 Å². The van der Waals surface area contributed by atoms with Gasteiger partial charge in [0.2, 0.25) is 11.8 Å². The van der Waals surface area contributed by atoms with Gasteiger partial charge in [-0.2, -0.15) is 0 Å². The fourth-order valence-electron chi connectivity index (χ4n) is 3.94. The van der Waals surface area contributed by atoms with Gasteiger partial charge in [-0.25, -0.2) is 4.90 Å². The van der Waals surface area contributed by atoms with Crippen LogP contribution in [0.25, 0.3) is 0 Å². The van der Waals surface area contributed by atoms with Crippen LogP contribution in [0, 0.1) is 11.8 Å². The highest BCUT2D eigenvalue weighted by molar-refractivity contribution is 6.22. The van der Waals surface area contributed by atoms with E-state index in [9.17, 15) is 9.59 Å². The number of benzene rings is 1. The van der Waals surface area contributed by atoms with E-state index in [1.54, 1.807) is 0 Å².